The Morgan fingerprint density at radius 1 is 1.04 bits per heavy atom. The molecule has 0 unspecified atom stereocenters. The minimum absolute atomic E-state index is 0.265. The van der Waals surface area contributed by atoms with Crippen LogP contribution in [0.5, 0.6) is 11.5 Å². The number of ether oxygens (including phenoxy) is 2. The number of rotatable bonds is 8. The molecule has 0 fully saturated rings. The molecular weight excluding hydrogens is 340 g/mol. The fourth-order valence-electron chi connectivity index (χ4n) is 2.19. The Morgan fingerprint density at radius 3 is 2.28 bits per heavy atom. The second-order valence-electron chi connectivity index (χ2n) is 5.71. The van der Waals surface area contributed by atoms with Crippen LogP contribution in [-0.2, 0) is 10.0 Å². The van der Waals surface area contributed by atoms with E-state index in [2.05, 4.69) is 5.32 Å². The summed E-state index contributed by atoms with van der Waals surface area (Å²) in [7, 11) is 1.21. The van der Waals surface area contributed by atoms with Crippen molar-refractivity contribution in [3.8, 4) is 11.5 Å². The third-order valence-corrected chi connectivity index (χ3v) is 5.54. The predicted octanol–water partition coefficient (Wildman–Crippen LogP) is 2.74. The van der Waals surface area contributed by atoms with Crippen LogP contribution in [0.4, 0.5) is 5.69 Å². The van der Waals surface area contributed by atoms with Gasteiger partial charge in [0.25, 0.3) is 0 Å². The lowest BCUT2D eigenvalue weighted by molar-refractivity contribution is 0.331. The molecule has 2 aromatic carbocycles. The lowest BCUT2D eigenvalue weighted by Gasteiger charge is -2.15. The van der Waals surface area contributed by atoms with Crippen molar-refractivity contribution in [2.24, 2.45) is 0 Å². The molecule has 0 saturated heterocycles. The van der Waals surface area contributed by atoms with Crippen LogP contribution in [0, 0.1) is 6.92 Å². The van der Waals surface area contributed by atoms with E-state index < -0.39 is 10.0 Å². The van der Waals surface area contributed by atoms with E-state index in [1.165, 1.54) is 18.4 Å². The molecule has 2 aromatic rings. The van der Waals surface area contributed by atoms with Gasteiger partial charge in [-0.3, -0.25) is 0 Å². The van der Waals surface area contributed by atoms with Crippen molar-refractivity contribution in [3.05, 3.63) is 48.0 Å². The van der Waals surface area contributed by atoms with Gasteiger partial charge in [-0.25, -0.2) is 12.7 Å². The van der Waals surface area contributed by atoms with Crippen LogP contribution in [-0.4, -0.2) is 47.1 Å². The summed E-state index contributed by atoms with van der Waals surface area (Å²) in [5.41, 5.74) is 1.75. The quantitative estimate of drug-likeness (QED) is 0.730. The topological polar surface area (TPSA) is 67.9 Å². The number of methoxy groups -OCH3 is 1. The van der Waals surface area contributed by atoms with Crippen LogP contribution >= 0.6 is 0 Å². The Morgan fingerprint density at radius 2 is 1.68 bits per heavy atom. The first-order valence-electron chi connectivity index (χ1n) is 7.88. The zero-order valence-corrected chi connectivity index (χ0v) is 15.8. The molecule has 0 aromatic heterocycles. The van der Waals surface area contributed by atoms with Crippen molar-refractivity contribution in [2.45, 2.75) is 11.8 Å². The van der Waals surface area contributed by atoms with Crippen molar-refractivity contribution >= 4 is 15.7 Å². The monoisotopic (exact) mass is 364 g/mol. The van der Waals surface area contributed by atoms with Gasteiger partial charge in [0, 0.05) is 26.3 Å². The maximum Gasteiger partial charge on any atom is 0.242 e. The highest BCUT2D eigenvalue weighted by Crippen LogP contribution is 2.22. The van der Waals surface area contributed by atoms with Gasteiger partial charge in [-0.1, -0.05) is 6.07 Å². The van der Waals surface area contributed by atoms with Gasteiger partial charge in [0.2, 0.25) is 10.0 Å². The van der Waals surface area contributed by atoms with Crippen LogP contribution in [0.1, 0.15) is 5.56 Å². The zero-order valence-electron chi connectivity index (χ0n) is 14.9. The number of sulfonamides is 1. The second kappa shape index (κ2) is 8.22. The highest BCUT2D eigenvalue weighted by Gasteiger charge is 2.17. The Labute approximate surface area is 149 Å². The van der Waals surface area contributed by atoms with E-state index in [9.17, 15) is 8.42 Å². The van der Waals surface area contributed by atoms with Gasteiger partial charge in [0.1, 0.15) is 18.1 Å². The smallest absolute Gasteiger partial charge is 0.242 e. The third-order valence-electron chi connectivity index (χ3n) is 3.73. The molecule has 0 atom stereocenters. The van der Waals surface area contributed by atoms with Crippen LogP contribution in [0.15, 0.2) is 47.4 Å². The predicted molar refractivity (Wildman–Crippen MR) is 99.0 cm³/mol. The molecule has 0 radical (unpaired) electrons. The summed E-state index contributed by atoms with van der Waals surface area (Å²) in [6.45, 7) is 2.94. The maximum absolute atomic E-state index is 12.2. The van der Waals surface area contributed by atoms with E-state index in [1.54, 1.807) is 25.3 Å². The molecule has 136 valence electrons. The van der Waals surface area contributed by atoms with Crippen molar-refractivity contribution in [1.82, 2.24) is 4.31 Å². The minimum atomic E-state index is -3.45. The van der Waals surface area contributed by atoms with Crippen molar-refractivity contribution in [1.29, 1.82) is 0 Å². The summed E-state index contributed by atoms with van der Waals surface area (Å²) in [6.07, 6.45) is 0. The molecule has 25 heavy (non-hydrogen) atoms. The molecule has 2 rings (SSSR count). The fourth-order valence-corrected chi connectivity index (χ4v) is 3.12. The van der Waals surface area contributed by atoms with Crippen LogP contribution in [0.2, 0.25) is 0 Å². The second-order valence-corrected chi connectivity index (χ2v) is 7.87. The number of benzene rings is 2. The molecule has 0 spiro atoms. The van der Waals surface area contributed by atoms with E-state index in [0.717, 1.165) is 22.7 Å². The molecule has 0 bridgehead atoms. The van der Waals surface area contributed by atoms with Gasteiger partial charge in [0.05, 0.1) is 12.0 Å². The summed E-state index contributed by atoms with van der Waals surface area (Å²) >= 11 is 0. The Kier molecular flexibility index (Phi) is 6.27. The Hall–Kier alpha value is -2.25. The summed E-state index contributed by atoms with van der Waals surface area (Å²) in [5.74, 6) is 1.53. The Balaban J connectivity index is 1.96. The molecule has 0 aliphatic rings. The molecule has 0 heterocycles. The standard InChI is InChI=1S/C18H24N2O4S/c1-14-5-10-17(25(21,22)20(2)3)13-18(14)19-11-12-24-16-8-6-15(23-4)7-9-16/h5-10,13,19H,11-12H2,1-4H3. The molecule has 0 saturated carbocycles. The number of anilines is 1. The molecule has 6 nitrogen and oxygen atoms in total. The molecule has 0 amide bonds. The molecule has 0 aliphatic heterocycles. The first kappa shape index (κ1) is 19.1. The number of nitrogens with one attached hydrogen (secondary N) is 1. The molecule has 1 N–H and O–H groups in total. The maximum atomic E-state index is 12.2. The molecule has 0 aliphatic carbocycles. The lowest BCUT2D eigenvalue weighted by atomic mass is 10.2. The largest absolute Gasteiger partial charge is 0.497 e. The molecular formula is C18H24N2O4S. The number of aryl methyl sites for hydroxylation is 1. The average molecular weight is 364 g/mol. The summed E-state index contributed by atoms with van der Waals surface area (Å²) in [4.78, 5) is 0.265. The van der Waals surface area contributed by atoms with E-state index in [1.807, 2.05) is 31.2 Å². The summed E-state index contributed by atoms with van der Waals surface area (Å²) in [5, 5.41) is 3.22. The first-order chi connectivity index (χ1) is 11.8. The number of hydrogen-bond acceptors (Lipinski definition) is 5. The van der Waals surface area contributed by atoms with Gasteiger partial charge in [-0.15, -0.1) is 0 Å². The van der Waals surface area contributed by atoms with E-state index in [0.29, 0.717) is 13.2 Å². The average Bonchev–Trinajstić information content (AvgIpc) is 2.60. The number of nitrogens with zero attached hydrogens (tertiary/aromatic N) is 1. The van der Waals surface area contributed by atoms with Gasteiger partial charge < -0.3 is 14.8 Å². The van der Waals surface area contributed by atoms with E-state index in [-0.39, 0.29) is 4.90 Å². The lowest BCUT2D eigenvalue weighted by Crippen LogP contribution is -2.22. The van der Waals surface area contributed by atoms with Gasteiger partial charge in [-0.2, -0.15) is 0 Å². The summed E-state index contributed by atoms with van der Waals surface area (Å²) in [6, 6.07) is 12.4. The van der Waals surface area contributed by atoms with Crippen molar-refractivity contribution in [3.63, 3.8) is 0 Å². The Bertz CT molecular complexity index is 802. The normalized spacial score (nSPS) is 11.4. The third kappa shape index (κ3) is 4.87. The van der Waals surface area contributed by atoms with Crippen molar-refractivity contribution < 1.29 is 17.9 Å². The fraction of sp³-hybridized carbons (Fsp3) is 0.333. The SMILES string of the molecule is COc1ccc(OCCNc2cc(S(=O)(=O)N(C)C)ccc2C)cc1. The van der Waals surface area contributed by atoms with E-state index in [4.69, 9.17) is 9.47 Å². The van der Waals surface area contributed by atoms with Crippen LogP contribution in [0.3, 0.4) is 0 Å². The highest BCUT2D eigenvalue weighted by molar-refractivity contribution is 7.89. The van der Waals surface area contributed by atoms with Crippen molar-refractivity contribution in [2.75, 3.05) is 39.7 Å². The van der Waals surface area contributed by atoms with Crippen LogP contribution in [0.25, 0.3) is 0 Å². The zero-order chi connectivity index (χ0) is 18.4. The van der Waals surface area contributed by atoms with Gasteiger partial charge >= 0.3 is 0 Å². The van der Waals surface area contributed by atoms with Gasteiger partial charge in [0.15, 0.2) is 0 Å². The van der Waals surface area contributed by atoms with E-state index >= 15 is 0 Å². The summed E-state index contributed by atoms with van der Waals surface area (Å²) < 4.78 is 36.4. The highest BCUT2D eigenvalue weighted by atomic mass is 32.2. The van der Waals surface area contributed by atoms with Gasteiger partial charge in [-0.05, 0) is 48.9 Å². The minimum Gasteiger partial charge on any atom is -0.497 e. The molecule has 7 heteroatoms. The number of hydrogen-bond donors (Lipinski definition) is 1. The van der Waals surface area contributed by atoms with Crippen LogP contribution < -0.4 is 14.8 Å². The first-order valence-corrected chi connectivity index (χ1v) is 9.32.